The molecular formula is C90H131ClN8O29P2S2. The molecule has 4 aromatic rings. The Morgan fingerprint density at radius 3 is 1.82 bits per heavy atom. The van der Waals surface area contributed by atoms with Gasteiger partial charge in [-0.2, -0.15) is 4.31 Å². The molecule has 37 nitrogen and oxygen atoms in total. The zero-order valence-corrected chi connectivity index (χ0v) is 81.7. The molecule has 0 radical (unpaired) electrons. The summed E-state index contributed by atoms with van der Waals surface area (Å²) in [5.74, 6) is -8.99. The number of Topliss-reactive ketones (excluding diaryl/α,β-unsaturated/α-hetero) is 1. The highest BCUT2D eigenvalue weighted by Gasteiger charge is 2.40. The third-order valence-corrected chi connectivity index (χ3v) is 26.9. The molecule has 0 aromatic heterocycles. The SMILES string of the molecule is C/C=C(\C)[C@H]1OC(=O)[C@@H](C)NC(=O)[C@H](C(C)CC)NC(=O)CN(C)C(=O)[C@@H](Cc2ccc(Cl)cc2)N(C)C(=O)[C@H](C)NC(=O)[C@@H](CC(C)C)OC(=O)/C(C)=C/CC[C@H](OC(=O)NCCCCCOP(=O)(O)OP(=O)(O)OCCCNC(=O)CCOCCOCCOCCOCCNC(=O)c2ccc(C(=O)C(CSc3ccc(C)cc3)CS(=O)(=O)c3ccc(C)cc3)cc2)[C@@H]1C.O=O. The fraction of sp³-hybridized carbons (Fsp3) is 0.567. The topological polar surface area (TPSA) is 502 Å². The van der Waals surface area contributed by atoms with Crippen molar-refractivity contribution in [1.82, 2.24) is 41.7 Å². The number of esters is 2. The molecule has 1 aliphatic heterocycles. The van der Waals surface area contributed by atoms with Crippen LogP contribution in [0.1, 0.15) is 164 Å². The van der Waals surface area contributed by atoms with Crippen LogP contribution in [-0.2, 0) is 110 Å². The predicted octanol–water partition coefficient (Wildman–Crippen LogP) is 10.6. The number of cyclic esters (lactones) is 2. The number of thioether (sulfide) groups is 1. The fourth-order valence-corrected chi connectivity index (χ4v) is 18.0. The smallest absolute Gasteiger partial charge is 0.456 e. The number of phosphoric acid groups is 2. The Labute approximate surface area is 782 Å². The number of phosphoric ester groups is 2. The van der Waals surface area contributed by atoms with Crippen molar-refractivity contribution in [3.05, 3.63) is 163 Å². The number of likely N-dealkylation sites (N-methyl/N-ethyl adjacent to an activating group) is 2. The van der Waals surface area contributed by atoms with Crippen LogP contribution in [0.5, 0.6) is 0 Å². The van der Waals surface area contributed by atoms with Gasteiger partial charge in [0.15, 0.2) is 21.7 Å². The number of benzene rings is 4. The number of ketones is 1. The highest BCUT2D eigenvalue weighted by molar-refractivity contribution is 7.99. The first-order chi connectivity index (χ1) is 62.5. The van der Waals surface area contributed by atoms with Gasteiger partial charge in [-0.15, -0.1) is 11.8 Å². The van der Waals surface area contributed by atoms with E-state index in [0.29, 0.717) is 33.7 Å². The van der Waals surface area contributed by atoms with E-state index in [0.717, 1.165) is 25.8 Å². The first-order valence-electron chi connectivity index (χ1n) is 43.7. The second-order valence-corrected chi connectivity index (χ2v) is 38.9. The van der Waals surface area contributed by atoms with Gasteiger partial charge in [0, 0.05) is 101 Å². The van der Waals surface area contributed by atoms with Gasteiger partial charge in [-0.3, -0.25) is 47.4 Å². The zero-order valence-electron chi connectivity index (χ0n) is 77.5. The maximum atomic E-state index is 14.5. The average molecular weight is 1950 g/mol. The van der Waals surface area contributed by atoms with E-state index in [4.69, 9.17) is 63.7 Å². The summed E-state index contributed by atoms with van der Waals surface area (Å²) < 4.78 is 106. The van der Waals surface area contributed by atoms with Gasteiger partial charge < -0.3 is 84.6 Å². The molecule has 0 bridgehead atoms. The Kier molecular flexibility index (Phi) is 52.5. The van der Waals surface area contributed by atoms with E-state index >= 15 is 0 Å². The van der Waals surface area contributed by atoms with Crippen LogP contribution >= 0.6 is 39.0 Å². The standard InChI is InChI=1S/C90H131ClN8O27P2S2.O2/c1-15-62(7)80-85(105)96-67(12)89(109)125-82(63(8)16-2)65(10)76(23-20-22-64(9)88(108)123-77(54-59(3)4)84(104)95-66(11)86(106)99(14)75(55-68-28-34-72(91)35-29-68)87(107)98(13)56-79(101)97-80)124-90(110)94-41-18-17-19-44-121-127(111,112)126-128(113,114)122-45-21-42-92-78(100)40-46-117-48-50-119-52-53-120-51-49-118-47-43-93-83(103)70-32-30-69(31-33-70)81(102)71(57-129-73-36-24-60(5)25-37-73)58-130(115,116)74-38-26-61(6)27-39-74;1-2/h16,22,24-39,59,62,65-67,71,75-77,80,82H,15,17-21,23,40-58H2,1-14H3,(H,92,100)(H,93,103)(H,94,110)(H,95,104)(H,96,105)(H,97,101)(H,111,112)(H,113,114);/b63-16+,64-22+;/t62?,65-,66-,67+,71?,75+,76-,77+,80-,82+;/m0./s1. The fourth-order valence-electron chi connectivity index (χ4n) is 13.1. The van der Waals surface area contributed by atoms with E-state index in [9.17, 15) is 80.1 Å². The summed E-state index contributed by atoms with van der Waals surface area (Å²) in [6.45, 7) is 20.8. The van der Waals surface area contributed by atoms with E-state index in [1.165, 1.54) is 77.0 Å². The summed E-state index contributed by atoms with van der Waals surface area (Å²) >= 11 is 7.59. The van der Waals surface area contributed by atoms with Crippen LogP contribution in [0.25, 0.3) is 0 Å². The number of hydrogen-bond acceptors (Lipinski definition) is 28. The summed E-state index contributed by atoms with van der Waals surface area (Å²) in [5, 5.41) is 16.5. The molecule has 42 heteroatoms. The maximum Gasteiger partial charge on any atom is 0.481 e. The van der Waals surface area contributed by atoms with Crippen LogP contribution in [-0.4, -0.2) is 253 Å². The van der Waals surface area contributed by atoms with Crippen LogP contribution in [0.4, 0.5) is 4.79 Å². The second-order valence-electron chi connectivity index (χ2n) is 32.3. The Morgan fingerprint density at radius 1 is 0.667 bits per heavy atom. The number of rotatable bonds is 46. The third-order valence-electron chi connectivity index (χ3n) is 21.0. The monoisotopic (exact) mass is 1950 g/mol. The first-order valence-corrected chi connectivity index (χ1v) is 49.7. The molecule has 8 amide bonds. The minimum absolute atomic E-state index is 0.00587. The number of allylic oxidation sites excluding steroid dienone is 2. The molecule has 0 spiro atoms. The Bertz CT molecular complexity index is 4630. The average Bonchev–Trinajstić information content (AvgIpc) is 0.833. The number of hydrogen-bond donors (Lipinski definition) is 8. The van der Waals surface area contributed by atoms with Gasteiger partial charge in [-0.05, 0) is 165 Å². The van der Waals surface area contributed by atoms with Crippen LogP contribution in [0.15, 0.2) is 130 Å². The van der Waals surface area contributed by atoms with Crippen molar-refractivity contribution < 1.29 is 127 Å². The minimum Gasteiger partial charge on any atom is -0.456 e. The van der Waals surface area contributed by atoms with Gasteiger partial charge in [0.1, 0.15) is 36.4 Å². The van der Waals surface area contributed by atoms with Crippen molar-refractivity contribution in [2.24, 2.45) is 23.7 Å². The number of sulfone groups is 1. The van der Waals surface area contributed by atoms with Crippen molar-refractivity contribution >= 4 is 114 Å². The highest BCUT2D eigenvalue weighted by Crippen LogP contribution is 2.60. The van der Waals surface area contributed by atoms with Crippen LogP contribution < -0.4 is 31.9 Å². The predicted molar refractivity (Wildman–Crippen MR) is 495 cm³/mol. The first kappa shape index (κ1) is 115. The summed E-state index contributed by atoms with van der Waals surface area (Å²) in [6.07, 6.45) is -0.0547. The number of amides is 8. The van der Waals surface area contributed by atoms with Crippen LogP contribution in [0.2, 0.25) is 5.02 Å². The summed E-state index contributed by atoms with van der Waals surface area (Å²) in [7, 11) is -11.4. The normalized spacial score (nSPS) is 20.5. The molecule has 5 rings (SSSR count). The van der Waals surface area contributed by atoms with Crippen molar-refractivity contribution in [2.75, 3.05) is 118 Å². The van der Waals surface area contributed by atoms with Gasteiger partial charge >= 0.3 is 33.7 Å². The second kappa shape index (κ2) is 60.2. The maximum absolute atomic E-state index is 14.5. The third kappa shape index (κ3) is 43.0. The van der Waals surface area contributed by atoms with Gasteiger partial charge in [-0.1, -0.05) is 124 Å². The van der Waals surface area contributed by atoms with E-state index in [-0.39, 0.29) is 170 Å². The van der Waals surface area contributed by atoms with E-state index in [1.54, 1.807) is 89.2 Å². The summed E-state index contributed by atoms with van der Waals surface area (Å²) in [5.41, 5.74) is 3.81. The Hall–Kier alpha value is -9.18. The number of halogens is 1. The van der Waals surface area contributed by atoms with Gasteiger partial charge in [0.2, 0.25) is 29.5 Å². The molecule has 0 fully saturated rings. The van der Waals surface area contributed by atoms with Crippen molar-refractivity contribution in [1.29, 1.82) is 0 Å². The number of nitrogens with zero attached hydrogens (tertiary/aromatic N) is 2. The number of ether oxygens (including phenoxy) is 7. The summed E-state index contributed by atoms with van der Waals surface area (Å²) in [6, 6.07) is 22.0. The van der Waals surface area contributed by atoms with Gasteiger partial charge in [0.05, 0.1) is 83.3 Å². The molecule has 0 aliphatic carbocycles. The van der Waals surface area contributed by atoms with Crippen molar-refractivity contribution in [3.63, 3.8) is 0 Å². The van der Waals surface area contributed by atoms with E-state index in [2.05, 4.69) is 36.2 Å². The molecule has 8 N–H and O–H groups in total. The Balaban J connectivity index is 0.0000181. The van der Waals surface area contributed by atoms with Gasteiger partial charge in [0.25, 0.3) is 11.8 Å². The van der Waals surface area contributed by atoms with E-state index < -0.39 is 159 Å². The zero-order chi connectivity index (χ0) is 98.3. The lowest BCUT2D eigenvalue weighted by Crippen LogP contribution is -2.57. The molecular weight excluding hydrogens is 1820 g/mol. The summed E-state index contributed by atoms with van der Waals surface area (Å²) in [4.78, 5) is 189. The lowest BCUT2D eigenvalue weighted by atomic mass is 9.90. The largest absolute Gasteiger partial charge is 0.481 e. The number of nitrogens with one attached hydrogen (secondary N) is 6. The number of carbonyl (C=O) groups is 11. The molecule has 12 atom stereocenters. The minimum atomic E-state index is -5.15. The van der Waals surface area contributed by atoms with Gasteiger partial charge in [-0.25, -0.2) is 31.9 Å². The molecule has 0 saturated carbocycles. The lowest BCUT2D eigenvalue weighted by Gasteiger charge is -2.33. The van der Waals surface area contributed by atoms with E-state index in [1.807, 2.05) is 52.0 Å². The van der Waals surface area contributed by atoms with Crippen LogP contribution in [0, 0.1) is 47.4 Å². The molecule has 4 unspecified atom stereocenters. The quantitative estimate of drug-likeness (QED) is 0.00387. The molecule has 4 aromatic carbocycles. The Morgan fingerprint density at radius 2 is 1.23 bits per heavy atom. The highest BCUT2D eigenvalue weighted by atomic mass is 35.5. The van der Waals surface area contributed by atoms with Crippen molar-refractivity contribution in [3.8, 4) is 0 Å². The number of alkyl carbamates (subject to hydrolysis) is 1. The number of carbonyl (C=O) groups excluding carboxylic acids is 11. The molecule has 1 heterocycles. The molecule has 1 aliphatic rings. The number of aryl methyl sites for hydroxylation is 2. The molecule has 0 saturated heterocycles. The molecule has 734 valence electrons. The number of unbranched alkanes of at least 4 members (excludes halogenated alkanes) is 2. The molecule has 132 heavy (non-hydrogen) atoms. The van der Waals surface area contributed by atoms with Crippen LogP contribution in [0.3, 0.4) is 0 Å². The van der Waals surface area contributed by atoms with Crippen molar-refractivity contribution in [2.45, 2.75) is 200 Å². The lowest BCUT2D eigenvalue weighted by molar-refractivity contribution is -0.155.